The van der Waals surface area contributed by atoms with Crippen molar-refractivity contribution < 1.29 is 4.79 Å². The minimum absolute atomic E-state index is 0.274. The number of carbonyl (C=O) groups excluding carboxylic acids is 1. The predicted molar refractivity (Wildman–Crippen MR) is 91.6 cm³/mol. The predicted octanol–water partition coefficient (Wildman–Crippen LogP) is 2.30. The van der Waals surface area contributed by atoms with Crippen molar-refractivity contribution >= 4 is 11.7 Å². The van der Waals surface area contributed by atoms with Crippen LogP contribution in [0, 0.1) is 6.92 Å². The highest BCUT2D eigenvalue weighted by molar-refractivity contribution is 5.89. The number of nitrogens with one attached hydrogen (secondary N) is 2. The lowest BCUT2D eigenvalue weighted by molar-refractivity contribution is 0.251. The first kappa shape index (κ1) is 15.8. The number of carbonyl (C=O) groups is 1. The van der Waals surface area contributed by atoms with Crippen molar-refractivity contribution in [3.8, 4) is 0 Å². The van der Waals surface area contributed by atoms with E-state index in [4.69, 9.17) is 0 Å². The number of anilines is 1. The maximum atomic E-state index is 12.0. The Hall–Kier alpha value is -3.09. The molecule has 0 atom stereocenters. The molecular formula is C17H20N6O. The topological polar surface area (TPSA) is 76.8 Å². The second-order valence-electron chi connectivity index (χ2n) is 5.60. The number of hydrogen-bond acceptors (Lipinski definition) is 3. The van der Waals surface area contributed by atoms with Crippen LogP contribution in [0.1, 0.15) is 17.0 Å². The summed E-state index contributed by atoms with van der Waals surface area (Å²) >= 11 is 0. The number of aromatic nitrogens is 4. The molecule has 0 radical (unpaired) electrons. The van der Waals surface area contributed by atoms with Crippen molar-refractivity contribution in [3.63, 3.8) is 0 Å². The molecule has 0 saturated carbocycles. The minimum atomic E-state index is -0.274. The molecule has 2 aromatic heterocycles. The van der Waals surface area contributed by atoms with Crippen LogP contribution < -0.4 is 10.6 Å². The minimum Gasteiger partial charge on any atom is -0.332 e. The van der Waals surface area contributed by atoms with E-state index in [1.165, 1.54) is 5.56 Å². The zero-order chi connectivity index (χ0) is 16.9. The van der Waals surface area contributed by atoms with E-state index in [1.807, 2.05) is 49.1 Å². The van der Waals surface area contributed by atoms with Crippen LogP contribution in [0.3, 0.4) is 0 Å². The van der Waals surface area contributed by atoms with Gasteiger partial charge in [0, 0.05) is 19.4 Å². The normalized spacial score (nSPS) is 10.6. The van der Waals surface area contributed by atoms with Gasteiger partial charge in [-0.15, -0.1) is 0 Å². The maximum Gasteiger partial charge on any atom is 0.319 e. The first-order chi connectivity index (χ1) is 11.6. The number of urea groups is 1. The largest absolute Gasteiger partial charge is 0.332 e. The SMILES string of the molecule is Cc1nn(C)cc1NC(=O)NCc1ccn(Cc2ccccc2)n1. The molecule has 7 nitrogen and oxygen atoms in total. The number of aryl methyl sites for hydroxylation is 2. The Bertz CT molecular complexity index is 821. The van der Waals surface area contributed by atoms with Crippen LogP contribution in [-0.4, -0.2) is 25.6 Å². The zero-order valence-corrected chi connectivity index (χ0v) is 13.7. The second kappa shape index (κ2) is 6.99. The van der Waals surface area contributed by atoms with Gasteiger partial charge in [-0.05, 0) is 18.6 Å². The zero-order valence-electron chi connectivity index (χ0n) is 13.7. The van der Waals surface area contributed by atoms with E-state index in [-0.39, 0.29) is 6.03 Å². The molecule has 2 N–H and O–H groups in total. The van der Waals surface area contributed by atoms with E-state index in [1.54, 1.807) is 10.9 Å². The maximum absolute atomic E-state index is 12.0. The molecule has 3 rings (SSSR count). The lowest BCUT2D eigenvalue weighted by Crippen LogP contribution is -2.28. The number of amides is 2. The number of nitrogens with zero attached hydrogens (tertiary/aromatic N) is 4. The summed E-state index contributed by atoms with van der Waals surface area (Å²) in [5.74, 6) is 0. The molecule has 3 aromatic rings. The highest BCUT2D eigenvalue weighted by atomic mass is 16.2. The Balaban J connectivity index is 1.52. The van der Waals surface area contributed by atoms with Gasteiger partial charge in [-0.1, -0.05) is 30.3 Å². The molecule has 0 saturated heterocycles. The Morgan fingerprint density at radius 1 is 1.17 bits per heavy atom. The van der Waals surface area contributed by atoms with Crippen LogP contribution in [-0.2, 0) is 20.1 Å². The van der Waals surface area contributed by atoms with E-state index < -0.39 is 0 Å². The lowest BCUT2D eigenvalue weighted by atomic mass is 10.2. The van der Waals surface area contributed by atoms with Crippen LogP contribution in [0.2, 0.25) is 0 Å². The van der Waals surface area contributed by atoms with E-state index in [0.29, 0.717) is 18.8 Å². The van der Waals surface area contributed by atoms with Gasteiger partial charge < -0.3 is 10.6 Å². The van der Waals surface area contributed by atoms with Crippen LogP contribution in [0.25, 0.3) is 0 Å². The van der Waals surface area contributed by atoms with Gasteiger partial charge >= 0.3 is 6.03 Å². The van der Waals surface area contributed by atoms with Crippen LogP contribution in [0.4, 0.5) is 10.5 Å². The third-order valence-corrected chi connectivity index (χ3v) is 3.58. The van der Waals surface area contributed by atoms with Gasteiger partial charge in [0.05, 0.1) is 30.2 Å². The summed E-state index contributed by atoms with van der Waals surface area (Å²) in [6.45, 7) is 2.93. The van der Waals surface area contributed by atoms with E-state index in [2.05, 4.69) is 33.0 Å². The molecule has 0 aliphatic rings. The lowest BCUT2D eigenvalue weighted by Gasteiger charge is -2.05. The van der Waals surface area contributed by atoms with E-state index in [0.717, 1.165) is 11.4 Å². The number of benzene rings is 1. The van der Waals surface area contributed by atoms with E-state index >= 15 is 0 Å². The molecule has 124 valence electrons. The molecule has 0 bridgehead atoms. The average molecular weight is 324 g/mol. The van der Waals surface area contributed by atoms with Crippen molar-refractivity contribution in [2.24, 2.45) is 7.05 Å². The quantitative estimate of drug-likeness (QED) is 0.756. The smallest absolute Gasteiger partial charge is 0.319 e. The molecule has 0 fully saturated rings. The van der Waals surface area contributed by atoms with Gasteiger partial charge in [0.2, 0.25) is 0 Å². The molecule has 7 heteroatoms. The van der Waals surface area contributed by atoms with Crippen LogP contribution in [0.5, 0.6) is 0 Å². The molecule has 0 aliphatic carbocycles. The van der Waals surface area contributed by atoms with Gasteiger partial charge in [-0.2, -0.15) is 10.2 Å². The Labute approximate surface area is 140 Å². The Morgan fingerprint density at radius 2 is 1.96 bits per heavy atom. The van der Waals surface area contributed by atoms with Gasteiger partial charge in [0.15, 0.2) is 0 Å². The van der Waals surface area contributed by atoms with Gasteiger partial charge in [0.1, 0.15) is 0 Å². The first-order valence-corrected chi connectivity index (χ1v) is 7.71. The highest BCUT2D eigenvalue weighted by Crippen LogP contribution is 2.10. The monoisotopic (exact) mass is 324 g/mol. The van der Waals surface area contributed by atoms with Gasteiger partial charge in [-0.25, -0.2) is 4.79 Å². The summed E-state index contributed by atoms with van der Waals surface area (Å²) in [6.07, 6.45) is 3.68. The molecule has 24 heavy (non-hydrogen) atoms. The summed E-state index contributed by atoms with van der Waals surface area (Å²) in [5, 5.41) is 14.2. The van der Waals surface area contributed by atoms with Crippen LogP contribution >= 0.6 is 0 Å². The fraction of sp³-hybridized carbons (Fsp3) is 0.235. The second-order valence-corrected chi connectivity index (χ2v) is 5.60. The van der Waals surface area contributed by atoms with Gasteiger partial charge in [-0.3, -0.25) is 9.36 Å². The molecule has 0 aliphatic heterocycles. The molecule has 0 unspecified atom stereocenters. The van der Waals surface area contributed by atoms with Crippen molar-refractivity contribution in [2.45, 2.75) is 20.0 Å². The van der Waals surface area contributed by atoms with Crippen LogP contribution in [0.15, 0.2) is 48.8 Å². The molecule has 2 heterocycles. The number of hydrogen-bond donors (Lipinski definition) is 2. The summed E-state index contributed by atoms with van der Waals surface area (Å²) in [7, 11) is 1.81. The van der Waals surface area contributed by atoms with Crippen molar-refractivity contribution in [2.75, 3.05) is 5.32 Å². The summed E-state index contributed by atoms with van der Waals surface area (Å²) in [4.78, 5) is 12.0. The fourth-order valence-corrected chi connectivity index (χ4v) is 2.42. The third-order valence-electron chi connectivity index (χ3n) is 3.58. The third kappa shape index (κ3) is 4.01. The summed E-state index contributed by atoms with van der Waals surface area (Å²) < 4.78 is 3.52. The number of rotatable bonds is 5. The Kier molecular flexibility index (Phi) is 4.60. The Morgan fingerprint density at radius 3 is 2.67 bits per heavy atom. The average Bonchev–Trinajstić information content (AvgIpc) is 3.13. The molecular weight excluding hydrogens is 304 g/mol. The first-order valence-electron chi connectivity index (χ1n) is 7.71. The van der Waals surface area contributed by atoms with Crippen molar-refractivity contribution in [1.82, 2.24) is 24.9 Å². The summed E-state index contributed by atoms with van der Waals surface area (Å²) in [6, 6.07) is 11.7. The molecule has 2 amide bonds. The van der Waals surface area contributed by atoms with Gasteiger partial charge in [0.25, 0.3) is 0 Å². The standard InChI is InChI=1S/C17H20N6O/c1-13-16(12-22(2)20-13)19-17(24)18-10-15-8-9-23(21-15)11-14-6-4-3-5-7-14/h3-9,12H,10-11H2,1-2H3,(H2,18,19,24). The van der Waals surface area contributed by atoms with E-state index in [9.17, 15) is 4.79 Å². The molecule has 1 aromatic carbocycles. The molecule has 0 spiro atoms. The van der Waals surface area contributed by atoms with Crippen molar-refractivity contribution in [1.29, 1.82) is 0 Å². The van der Waals surface area contributed by atoms with Crippen molar-refractivity contribution in [3.05, 3.63) is 65.7 Å². The highest BCUT2D eigenvalue weighted by Gasteiger charge is 2.08. The summed E-state index contributed by atoms with van der Waals surface area (Å²) in [5.41, 5.74) is 3.47. The fourth-order valence-electron chi connectivity index (χ4n) is 2.42.